The van der Waals surface area contributed by atoms with Gasteiger partial charge in [-0.2, -0.15) is 0 Å². The molecule has 25 heavy (non-hydrogen) atoms. The number of methoxy groups -OCH3 is 1. The maximum Gasteiger partial charge on any atom is 0.266 e. The number of hydrogen-bond donors (Lipinski definition) is 0. The Bertz CT molecular complexity index is 807. The highest BCUT2D eigenvalue weighted by molar-refractivity contribution is 7.09. The Labute approximate surface area is 150 Å². The van der Waals surface area contributed by atoms with Crippen LogP contribution in [-0.4, -0.2) is 24.6 Å². The molecular formula is C19H18N2O3S. The zero-order valence-electron chi connectivity index (χ0n) is 13.8. The number of benzene rings is 1. The molecule has 0 unspecified atom stereocenters. The molecule has 1 aromatic carbocycles. The van der Waals surface area contributed by atoms with Crippen LogP contribution in [0.5, 0.6) is 11.5 Å². The number of ether oxygens (including phenoxy) is 2. The van der Waals surface area contributed by atoms with E-state index >= 15 is 0 Å². The lowest BCUT2D eigenvalue weighted by Gasteiger charge is -2.21. The van der Waals surface area contributed by atoms with E-state index in [4.69, 9.17) is 9.47 Å². The largest absolute Gasteiger partial charge is 0.497 e. The topological polar surface area (TPSA) is 51.7 Å². The average Bonchev–Trinajstić information content (AvgIpc) is 3.18. The summed E-state index contributed by atoms with van der Waals surface area (Å²) in [7, 11) is 1.59. The minimum Gasteiger partial charge on any atom is -0.497 e. The number of carbonyl (C=O) groups is 1. The van der Waals surface area contributed by atoms with Gasteiger partial charge in [0, 0.05) is 17.1 Å². The smallest absolute Gasteiger partial charge is 0.266 e. The molecule has 0 aliphatic carbocycles. The summed E-state index contributed by atoms with van der Waals surface area (Å²) in [4.78, 5) is 19.7. The minimum atomic E-state index is -0.157. The van der Waals surface area contributed by atoms with Gasteiger partial charge in [-0.1, -0.05) is 18.2 Å². The van der Waals surface area contributed by atoms with E-state index in [1.165, 1.54) is 0 Å². The molecule has 2 aromatic heterocycles. The van der Waals surface area contributed by atoms with E-state index in [0.717, 1.165) is 4.88 Å². The lowest BCUT2D eigenvalue weighted by atomic mass is 10.3. The highest BCUT2D eigenvalue weighted by Gasteiger charge is 2.18. The van der Waals surface area contributed by atoms with Gasteiger partial charge in [0.05, 0.1) is 13.7 Å². The second kappa shape index (κ2) is 8.30. The molecule has 0 radical (unpaired) electrons. The van der Waals surface area contributed by atoms with Crippen LogP contribution in [0.25, 0.3) is 0 Å². The van der Waals surface area contributed by atoms with Crippen molar-refractivity contribution in [2.24, 2.45) is 0 Å². The highest BCUT2D eigenvalue weighted by Crippen LogP contribution is 2.20. The van der Waals surface area contributed by atoms with Gasteiger partial charge in [0.25, 0.3) is 5.91 Å². The van der Waals surface area contributed by atoms with Gasteiger partial charge in [-0.05, 0) is 35.7 Å². The van der Waals surface area contributed by atoms with Crippen LogP contribution in [0.3, 0.4) is 0 Å². The van der Waals surface area contributed by atoms with E-state index in [-0.39, 0.29) is 12.5 Å². The molecule has 128 valence electrons. The number of rotatable bonds is 7. The van der Waals surface area contributed by atoms with Crippen molar-refractivity contribution in [3.8, 4) is 11.5 Å². The Morgan fingerprint density at radius 3 is 2.72 bits per heavy atom. The molecule has 1 amide bonds. The second-order valence-corrected chi connectivity index (χ2v) is 6.25. The van der Waals surface area contributed by atoms with Crippen LogP contribution in [-0.2, 0) is 11.3 Å². The van der Waals surface area contributed by atoms with Crippen molar-refractivity contribution in [3.05, 3.63) is 71.1 Å². The van der Waals surface area contributed by atoms with Gasteiger partial charge in [-0.25, -0.2) is 4.98 Å². The normalized spacial score (nSPS) is 10.3. The lowest BCUT2D eigenvalue weighted by Crippen LogP contribution is -2.34. The third-order valence-corrected chi connectivity index (χ3v) is 4.39. The number of anilines is 1. The molecule has 0 aliphatic heterocycles. The first-order valence-electron chi connectivity index (χ1n) is 7.77. The maximum absolute atomic E-state index is 12.7. The monoisotopic (exact) mass is 354 g/mol. The van der Waals surface area contributed by atoms with Gasteiger partial charge < -0.3 is 9.47 Å². The second-order valence-electron chi connectivity index (χ2n) is 5.21. The van der Waals surface area contributed by atoms with Crippen LogP contribution in [0.1, 0.15) is 4.88 Å². The van der Waals surface area contributed by atoms with Crippen LogP contribution in [0.15, 0.2) is 66.2 Å². The molecule has 3 aromatic rings. The molecule has 0 aliphatic rings. The van der Waals surface area contributed by atoms with Gasteiger partial charge in [0.15, 0.2) is 6.61 Å². The van der Waals surface area contributed by atoms with E-state index < -0.39 is 0 Å². The highest BCUT2D eigenvalue weighted by atomic mass is 32.1. The maximum atomic E-state index is 12.7. The summed E-state index contributed by atoms with van der Waals surface area (Å²) in [6.07, 6.45) is 1.67. The number of pyridine rings is 1. The van der Waals surface area contributed by atoms with E-state index in [9.17, 15) is 4.79 Å². The van der Waals surface area contributed by atoms with Gasteiger partial charge in [0.1, 0.15) is 17.3 Å². The number of thiophene rings is 1. The fourth-order valence-electron chi connectivity index (χ4n) is 2.28. The van der Waals surface area contributed by atoms with Crippen molar-refractivity contribution in [3.63, 3.8) is 0 Å². The van der Waals surface area contributed by atoms with Crippen molar-refractivity contribution in [2.45, 2.75) is 6.54 Å². The number of aromatic nitrogens is 1. The van der Waals surface area contributed by atoms with Crippen LogP contribution in [0.4, 0.5) is 5.82 Å². The molecule has 0 fully saturated rings. The molecule has 0 saturated carbocycles. The Morgan fingerprint density at radius 2 is 2.00 bits per heavy atom. The van der Waals surface area contributed by atoms with Crippen LogP contribution in [0, 0.1) is 0 Å². The zero-order valence-corrected chi connectivity index (χ0v) is 14.6. The third kappa shape index (κ3) is 4.58. The van der Waals surface area contributed by atoms with E-state index in [0.29, 0.717) is 23.9 Å². The fraction of sp³-hybridized carbons (Fsp3) is 0.158. The summed E-state index contributed by atoms with van der Waals surface area (Å²) >= 11 is 1.60. The quantitative estimate of drug-likeness (QED) is 0.648. The van der Waals surface area contributed by atoms with E-state index in [1.807, 2.05) is 47.8 Å². The Morgan fingerprint density at radius 1 is 1.12 bits per heavy atom. The van der Waals surface area contributed by atoms with E-state index in [1.54, 1.807) is 41.7 Å². The predicted molar refractivity (Wildman–Crippen MR) is 98.2 cm³/mol. The summed E-state index contributed by atoms with van der Waals surface area (Å²) in [5.74, 6) is 1.72. The van der Waals surface area contributed by atoms with Crippen molar-refractivity contribution in [1.82, 2.24) is 4.98 Å². The molecule has 0 atom stereocenters. The van der Waals surface area contributed by atoms with Crippen LogP contribution in [0.2, 0.25) is 0 Å². The first-order chi connectivity index (χ1) is 12.3. The molecular weight excluding hydrogens is 336 g/mol. The van der Waals surface area contributed by atoms with Crippen LogP contribution < -0.4 is 14.4 Å². The van der Waals surface area contributed by atoms with Crippen molar-refractivity contribution < 1.29 is 14.3 Å². The van der Waals surface area contributed by atoms with Crippen molar-refractivity contribution in [1.29, 1.82) is 0 Å². The van der Waals surface area contributed by atoms with Gasteiger partial charge in [-0.3, -0.25) is 9.69 Å². The summed E-state index contributed by atoms with van der Waals surface area (Å²) in [6, 6.07) is 16.6. The first kappa shape index (κ1) is 17.0. The van der Waals surface area contributed by atoms with Gasteiger partial charge >= 0.3 is 0 Å². The number of carbonyl (C=O) groups excluding carboxylic acids is 1. The van der Waals surface area contributed by atoms with Crippen molar-refractivity contribution in [2.75, 3.05) is 18.6 Å². The predicted octanol–water partition coefficient (Wildman–Crippen LogP) is 3.76. The average molecular weight is 354 g/mol. The molecule has 0 N–H and O–H groups in total. The molecule has 0 spiro atoms. The Kier molecular flexibility index (Phi) is 5.64. The SMILES string of the molecule is COc1cccc(OCC(=O)N(Cc2cccs2)c2ccccn2)c1. The third-order valence-electron chi connectivity index (χ3n) is 3.52. The molecule has 2 heterocycles. The standard InChI is InChI=1S/C19H18N2O3S/c1-23-15-6-4-7-16(12-15)24-14-19(22)21(13-17-8-5-11-25-17)18-9-2-3-10-20-18/h2-12H,13-14H2,1H3. The number of nitrogens with zero attached hydrogens (tertiary/aromatic N) is 2. The zero-order chi connectivity index (χ0) is 17.5. The minimum absolute atomic E-state index is 0.0743. The van der Waals surface area contributed by atoms with Gasteiger partial charge in [0.2, 0.25) is 0 Å². The lowest BCUT2D eigenvalue weighted by molar-refractivity contribution is -0.120. The summed E-state index contributed by atoms with van der Waals surface area (Å²) in [6.45, 7) is 0.393. The summed E-state index contributed by atoms with van der Waals surface area (Å²) < 4.78 is 10.8. The van der Waals surface area contributed by atoms with Crippen LogP contribution >= 0.6 is 11.3 Å². The molecule has 0 bridgehead atoms. The van der Waals surface area contributed by atoms with E-state index in [2.05, 4.69) is 4.98 Å². The number of hydrogen-bond acceptors (Lipinski definition) is 5. The summed E-state index contributed by atoms with van der Waals surface area (Å²) in [5.41, 5.74) is 0. The molecule has 5 nitrogen and oxygen atoms in total. The fourth-order valence-corrected chi connectivity index (χ4v) is 2.98. The molecule has 0 saturated heterocycles. The summed E-state index contributed by atoms with van der Waals surface area (Å²) in [5, 5.41) is 1.99. The molecule has 3 rings (SSSR count). The van der Waals surface area contributed by atoms with Gasteiger partial charge in [-0.15, -0.1) is 11.3 Å². The number of amides is 1. The Balaban J connectivity index is 1.72. The molecule has 6 heteroatoms. The first-order valence-corrected chi connectivity index (χ1v) is 8.65. The van der Waals surface area contributed by atoms with Crippen molar-refractivity contribution >= 4 is 23.1 Å². The Hall–Kier alpha value is -2.86.